The number of fused-ring (bicyclic) bond motifs is 1. The minimum absolute atomic E-state index is 0.0528. The maximum Gasteiger partial charge on any atom is 0.417 e. The summed E-state index contributed by atoms with van der Waals surface area (Å²) >= 11 is 0. The van der Waals surface area contributed by atoms with Crippen molar-refractivity contribution < 1.29 is 31.9 Å². The van der Waals surface area contributed by atoms with Gasteiger partial charge in [0.05, 0.1) is 5.56 Å². The summed E-state index contributed by atoms with van der Waals surface area (Å²) in [6.45, 7) is -0.437. The summed E-state index contributed by atoms with van der Waals surface area (Å²) in [6.07, 6.45) is -4.72. The SMILES string of the molecule is CN(C)C(=O)c1ccc(NC(=O)COc2ccc3c(C(F)(F)F)cc(=O)oc3c2)cc1. The van der Waals surface area contributed by atoms with Crippen LogP contribution in [0.4, 0.5) is 18.9 Å². The van der Waals surface area contributed by atoms with Crippen molar-refractivity contribution in [2.45, 2.75) is 6.18 Å². The molecule has 3 rings (SSSR count). The Balaban J connectivity index is 1.67. The molecule has 1 heterocycles. The Kier molecular flexibility index (Phi) is 6.00. The van der Waals surface area contributed by atoms with Crippen LogP contribution in [0.25, 0.3) is 11.0 Å². The molecule has 2 aromatic carbocycles. The molecule has 0 aliphatic carbocycles. The highest BCUT2D eigenvalue weighted by Crippen LogP contribution is 2.34. The summed E-state index contributed by atoms with van der Waals surface area (Å²) in [6, 6.07) is 10.1. The van der Waals surface area contributed by atoms with Crippen LogP contribution >= 0.6 is 0 Å². The van der Waals surface area contributed by atoms with E-state index in [1.165, 1.54) is 11.0 Å². The molecular formula is C21H17F3N2O5. The molecule has 162 valence electrons. The summed E-state index contributed by atoms with van der Waals surface area (Å²) in [5.41, 5.74) is -1.68. The number of nitrogens with one attached hydrogen (secondary N) is 1. The van der Waals surface area contributed by atoms with Crippen LogP contribution in [0.15, 0.2) is 57.7 Å². The molecule has 0 bridgehead atoms. The van der Waals surface area contributed by atoms with Crippen molar-refractivity contribution in [1.29, 1.82) is 0 Å². The fourth-order valence-electron chi connectivity index (χ4n) is 2.77. The first kappa shape index (κ1) is 21.9. The van der Waals surface area contributed by atoms with E-state index in [9.17, 15) is 27.6 Å². The molecule has 0 saturated heterocycles. The zero-order valence-corrected chi connectivity index (χ0v) is 16.4. The molecule has 2 amide bonds. The highest BCUT2D eigenvalue weighted by Gasteiger charge is 2.33. The fraction of sp³-hybridized carbons (Fsp3) is 0.190. The van der Waals surface area contributed by atoms with Gasteiger partial charge >= 0.3 is 11.8 Å². The summed E-state index contributed by atoms with van der Waals surface area (Å²) in [5.74, 6) is -0.660. The van der Waals surface area contributed by atoms with Crippen LogP contribution in [0, 0.1) is 0 Å². The van der Waals surface area contributed by atoms with E-state index >= 15 is 0 Å². The number of hydrogen-bond acceptors (Lipinski definition) is 5. The van der Waals surface area contributed by atoms with Gasteiger partial charge in [-0.25, -0.2) is 4.79 Å². The molecule has 0 spiro atoms. The van der Waals surface area contributed by atoms with Crippen molar-refractivity contribution in [2.75, 3.05) is 26.0 Å². The molecule has 0 unspecified atom stereocenters. The lowest BCUT2D eigenvalue weighted by atomic mass is 10.1. The second-order valence-corrected chi connectivity index (χ2v) is 6.75. The number of hydrogen-bond donors (Lipinski definition) is 1. The lowest BCUT2D eigenvalue weighted by molar-refractivity contribution is -0.136. The van der Waals surface area contributed by atoms with E-state index in [-0.39, 0.29) is 22.6 Å². The van der Waals surface area contributed by atoms with E-state index in [0.29, 0.717) is 17.3 Å². The first-order valence-corrected chi connectivity index (χ1v) is 8.94. The predicted molar refractivity (Wildman–Crippen MR) is 106 cm³/mol. The van der Waals surface area contributed by atoms with Crippen molar-refractivity contribution in [3.63, 3.8) is 0 Å². The minimum atomic E-state index is -4.72. The molecule has 1 N–H and O–H groups in total. The quantitative estimate of drug-likeness (QED) is 0.621. The molecule has 0 atom stereocenters. The van der Waals surface area contributed by atoms with Gasteiger partial charge in [0.1, 0.15) is 11.3 Å². The standard InChI is InChI=1S/C21H17F3N2O5/c1-26(2)20(29)12-3-5-13(6-4-12)25-18(27)11-30-14-7-8-15-16(21(22,23)24)10-19(28)31-17(15)9-14/h3-10H,11H2,1-2H3,(H,25,27). The molecule has 7 nitrogen and oxygen atoms in total. The van der Waals surface area contributed by atoms with Crippen molar-refractivity contribution in [3.05, 3.63) is 70.1 Å². The highest BCUT2D eigenvalue weighted by atomic mass is 19.4. The molecule has 3 aromatic rings. The largest absolute Gasteiger partial charge is 0.484 e. The zero-order valence-electron chi connectivity index (χ0n) is 16.4. The van der Waals surface area contributed by atoms with E-state index in [4.69, 9.17) is 9.15 Å². The van der Waals surface area contributed by atoms with Crippen LogP contribution in [0.2, 0.25) is 0 Å². The number of ether oxygens (including phenoxy) is 1. The molecule has 0 radical (unpaired) electrons. The van der Waals surface area contributed by atoms with Crippen LogP contribution < -0.4 is 15.7 Å². The fourth-order valence-corrected chi connectivity index (χ4v) is 2.77. The Morgan fingerprint density at radius 3 is 2.35 bits per heavy atom. The lowest BCUT2D eigenvalue weighted by Crippen LogP contribution is -2.22. The van der Waals surface area contributed by atoms with Gasteiger partial charge < -0.3 is 19.4 Å². The second kappa shape index (κ2) is 8.50. The number of benzene rings is 2. The first-order chi connectivity index (χ1) is 14.5. The van der Waals surface area contributed by atoms with Crippen molar-refractivity contribution in [2.24, 2.45) is 0 Å². The van der Waals surface area contributed by atoms with Crippen molar-refractivity contribution >= 4 is 28.5 Å². The third-order valence-electron chi connectivity index (χ3n) is 4.21. The van der Waals surface area contributed by atoms with Gasteiger partial charge in [-0.2, -0.15) is 13.2 Å². The number of anilines is 1. The zero-order chi connectivity index (χ0) is 22.8. The number of rotatable bonds is 5. The Labute approximate surface area is 174 Å². The molecule has 0 fully saturated rings. The van der Waals surface area contributed by atoms with Crippen LogP contribution in [0.5, 0.6) is 5.75 Å². The monoisotopic (exact) mass is 434 g/mol. The van der Waals surface area contributed by atoms with E-state index in [2.05, 4.69) is 5.32 Å². The molecular weight excluding hydrogens is 417 g/mol. The Morgan fingerprint density at radius 2 is 1.74 bits per heavy atom. The normalized spacial score (nSPS) is 11.3. The second-order valence-electron chi connectivity index (χ2n) is 6.75. The number of amides is 2. The van der Waals surface area contributed by atoms with Gasteiger partial charge in [-0.05, 0) is 36.4 Å². The predicted octanol–water partition coefficient (Wildman–Crippen LogP) is 3.53. The van der Waals surface area contributed by atoms with E-state index in [1.807, 2.05) is 0 Å². The number of alkyl halides is 3. The number of carbonyl (C=O) groups excluding carboxylic acids is 2. The summed E-state index contributed by atoms with van der Waals surface area (Å²) in [5, 5.41) is 2.28. The van der Waals surface area contributed by atoms with Gasteiger partial charge in [0.15, 0.2) is 6.61 Å². The van der Waals surface area contributed by atoms with E-state index in [1.54, 1.807) is 38.4 Å². The van der Waals surface area contributed by atoms with Crippen LogP contribution in [-0.4, -0.2) is 37.4 Å². The van der Waals surface area contributed by atoms with Crippen molar-refractivity contribution in [3.8, 4) is 5.75 Å². The van der Waals surface area contributed by atoms with Gasteiger partial charge in [-0.3, -0.25) is 9.59 Å². The topological polar surface area (TPSA) is 88.9 Å². The lowest BCUT2D eigenvalue weighted by Gasteiger charge is -2.12. The van der Waals surface area contributed by atoms with Gasteiger partial charge in [-0.15, -0.1) is 0 Å². The Morgan fingerprint density at radius 1 is 1.06 bits per heavy atom. The van der Waals surface area contributed by atoms with E-state index < -0.39 is 29.9 Å². The highest BCUT2D eigenvalue weighted by molar-refractivity contribution is 5.96. The number of nitrogens with zero attached hydrogens (tertiary/aromatic N) is 1. The molecule has 0 aliphatic heterocycles. The van der Waals surface area contributed by atoms with Crippen molar-refractivity contribution in [1.82, 2.24) is 4.90 Å². The first-order valence-electron chi connectivity index (χ1n) is 8.94. The smallest absolute Gasteiger partial charge is 0.417 e. The molecule has 10 heteroatoms. The molecule has 1 aromatic heterocycles. The van der Waals surface area contributed by atoms with Crippen LogP contribution in [0.3, 0.4) is 0 Å². The van der Waals surface area contributed by atoms with Gasteiger partial charge in [0, 0.05) is 42.9 Å². The van der Waals surface area contributed by atoms with Gasteiger partial charge in [-0.1, -0.05) is 0 Å². The number of halogens is 3. The average Bonchev–Trinajstić information content (AvgIpc) is 2.70. The van der Waals surface area contributed by atoms with Gasteiger partial charge in [0.25, 0.3) is 11.8 Å². The Bertz CT molecular complexity index is 1180. The maximum atomic E-state index is 13.1. The maximum absolute atomic E-state index is 13.1. The minimum Gasteiger partial charge on any atom is -0.484 e. The van der Waals surface area contributed by atoms with Crippen LogP contribution in [-0.2, 0) is 11.0 Å². The average molecular weight is 434 g/mol. The van der Waals surface area contributed by atoms with Gasteiger partial charge in [0.2, 0.25) is 0 Å². The summed E-state index contributed by atoms with van der Waals surface area (Å²) in [4.78, 5) is 36.8. The number of carbonyl (C=O) groups is 2. The molecule has 0 saturated carbocycles. The van der Waals surface area contributed by atoms with E-state index in [0.717, 1.165) is 12.1 Å². The third kappa shape index (κ3) is 5.21. The summed E-state index contributed by atoms with van der Waals surface area (Å²) < 4.78 is 49.4. The molecule has 31 heavy (non-hydrogen) atoms. The third-order valence-corrected chi connectivity index (χ3v) is 4.21. The summed E-state index contributed by atoms with van der Waals surface area (Å²) in [7, 11) is 3.24. The van der Waals surface area contributed by atoms with Crippen LogP contribution in [0.1, 0.15) is 15.9 Å². The Hall–Kier alpha value is -3.82. The molecule has 0 aliphatic rings.